The second-order valence-electron chi connectivity index (χ2n) is 8.04. The molecule has 0 atom stereocenters. The fraction of sp³-hybridized carbons (Fsp3) is 0.417. The van der Waals surface area contributed by atoms with Crippen molar-refractivity contribution in [1.82, 2.24) is 10.2 Å². The van der Waals surface area contributed by atoms with Crippen LogP contribution in [0.1, 0.15) is 42.4 Å². The molecule has 1 fully saturated rings. The van der Waals surface area contributed by atoms with E-state index in [1.807, 2.05) is 41.3 Å². The van der Waals surface area contributed by atoms with Crippen LogP contribution >= 0.6 is 0 Å². The summed E-state index contributed by atoms with van der Waals surface area (Å²) in [6.07, 6.45) is 4.50. The van der Waals surface area contributed by atoms with Gasteiger partial charge in [-0.15, -0.1) is 0 Å². The largest absolute Gasteiger partial charge is 0.497 e. The summed E-state index contributed by atoms with van der Waals surface area (Å²) in [6, 6.07) is 16.0. The van der Waals surface area contributed by atoms with Crippen LogP contribution in [0.3, 0.4) is 0 Å². The summed E-state index contributed by atoms with van der Waals surface area (Å²) in [5.74, 6) is 0.685. The number of hydrogen-bond donors (Lipinski definition) is 1. The van der Waals surface area contributed by atoms with E-state index >= 15 is 0 Å². The highest BCUT2D eigenvalue weighted by atomic mass is 16.5. The molecule has 0 aromatic heterocycles. The third-order valence-electron chi connectivity index (χ3n) is 6.40. The van der Waals surface area contributed by atoms with E-state index in [-0.39, 0.29) is 18.4 Å². The molecule has 0 spiro atoms. The summed E-state index contributed by atoms with van der Waals surface area (Å²) in [7, 11) is 1.63. The Morgan fingerprint density at radius 3 is 2.59 bits per heavy atom. The van der Waals surface area contributed by atoms with Gasteiger partial charge in [0.05, 0.1) is 19.1 Å². The van der Waals surface area contributed by atoms with E-state index in [9.17, 15) is 9.59 Å². The predicted molar refractivity (Wildman–Crippen MR) is 112 cm³/mol. The van der Waals surface area contributed by atoms with Gasteiger partial charge >= 0.3 is 0 Å². The molecule has 0 radical (unpaired) electrons. The molecule has 152 valence electrons. The van der Waals surface area contributed by atoms with Gasteiger partial charge < -0.3 is 15.0 Å². The van der Waals surface area contributed by atoms with E-state index in [1.165, 1.54) is 11.1 Å². The lowest BCUT2D eigenvalue weighted by molar-refractivity contribution is -0.135. The zero-order valence-electron chi connectivity index (χ0n) is 16.9. The molecule has 1 heterocycles. The zero-order valence-corrected chi connectivity index (χ0v) is 16.9. The molecule has 0 unspecified atom stereocenters. The number of nitrogens with one attached hydrogen (secondary N) is 1. The molecule has 2 aromatic carbocycles. The maximum atomic E-state index is 13.2. The molecule has 1 aliphatic heterocycles. The summed E-state index contributed by atoms with van der Waals surface area (Å²) in [5.41, 5.74) is 2.92. The third-order valence-corrected chi connectivity index (χ3v) is 6.40. The summed E-state index contributed by atoms with van der Waals surface area (Å²) in [4.78, 5) is 27.8. The molecule has 0 bridgehead atoms. The van der Waals surface area contributed by atoms with Crippen molar-refractivity contribution < 1.29 is 14.3 Å². The monoisotopic (exact) mass is 392 g/mol. The second-order valence-corrected chi connectivity index (χ2v) is 8.04. The van der Waals surface area contributed by atoms with Gasteiger partial charge in [0.15, 0.2) is 0 Å². The van der Waals surface area contributed by atoms with Crippen molar-refractivity contribution in [2.75, 3.05) is 20.2 Å². The van der Waals surface area contributed by atoms with Crippen LogP contribution < -0.4 is 10.1 Å². The molecule has 4 rings (SSSR count). The minimum atomic E-state index is -0.566. The van der Waals surface area contributed by atoms with E-state index in [1.54, 1.807) is 7.11 Å². The van der Waals surface area contributed by atoms with Crippen molar-refractivity contribution in [3.8, 4) is 5.75 Å². The summed E-state index contributed by atoms with van der Waals surface area (Å²) in [5, 5.41) is 2.95. The van der Waals surface area contributed by atoms with Gasteiger partial charge in [-0.1, -0.05) is 49.2 Å². The Kier molecular flexibility index (Phi) is 5.56. The minimum absolute atomic E-state index is 0.0216. The number of ether oxygens (including phenoxy) is 1. The van der Waals surface area contributed by atoms with Gasteiger partial charge in [-0.05, 0) is 48.1 Å². The fourth-order valence-corrected chi connectivity index (χ4v) is 4.69. The topological polar surface area (TPSA) is 58.6 Å². The molecule has 2 aliphatic rings. The average Bonchev–Trinajstić information content (AvgIpc) is 3.28. The summed E-state index contributed by atoms with van der Waals surface area (Å²) < 4.78 is 5.35. The van der Waals surface area contributed by atoms with Crippen LogP contribution in [0.15, 0.2) is 48.5 Å². The van der Waals surface area contributed by atoms with E-state index < -0.39 is 5.41 Å². The highest BCUT2D eigenvalue weighted by molar-refractivity contribution is 5.92. The normalized spacial score (nSPS) is 17.5. The van der Waals surface area contributed by atoms with Gasteiger partial charge in [0.2, 0.25) is 11.8 Å². The summed E-state index contributed by atoms with van der Waals surface area (Å²) in [6.45, 7) is 1.37. The van der Waals surface area contributed by atoms with Gasteiger partial charge in [-0.25, -0.2) is 0 Å². The Labute approximate surface area is 172 Å². The number of hydrogen-bond acceptors (Lipinski definition) is 3. The minimum Gasteiger partial charge on any atom is -0.497 e. The number of fused-ring (bicyclic) bond motifs is 1. The van der Waals surface area contributed by atoms with Crippen LogP contribution in [0, 0.1) is 0 Å². The van der Waals surface area contributed by atoms with E-state index in [0.29, 0.717) is 13.1 Å². The third kappa shape index (κ3) is 3.86. The molecular weight excluding hydrogens is 364 g/mol. The van der Waals surface area contributed by atoms with Crippen LogP contribution in [-0.4, -0.2) is 36.9 Å². The first-order valence-electron chi connectivity index (χ1n) is 10.4. The van der Waals surface area contributed by atoms with Gasteiger partial charge in [0.25, 0.3) is 0 Å². The lowest BCUT2D eigenvalue weighted by Gasteiger charge is -2.31. The summed E-state index contributed by atoms with van der Waals surface area (Å²) >= 11 is 0. The maximum Gasteiger partial charge on any atom is 0.242 e. The first-order valence-corrected chi connectivity index (χ1v) is 10.4. The quantitative estimate of drug-likeness (QED) is 0.850. The average molecular weight is 392 g/mol. The number of amides is 2. The molecule has 1 aliphatic carbocycles. The molecule has 1 saturated carbocycles. The Balaban J connectivity index is 1.43. The fourth-order valence-electron chi connectivity index (χ4n) is 4.69. The molecule has 0 saturated heterocycles. The highest BCUT2D eigenvalue weighted by Crippen LogP contribution is 2.42. The molecule has 5 heteroatoms. The Morgan fingerprint density at radius 2 is 1.83 bits per heavy atom. The van der Waals surface area contributed by atoms with Crippen molar-refractivity contribution in [2.24, 2.45) is 0 Å². The van der Waals surface area contributed by atoms with Gasteiger partial charge in [-0.2, -0.15) is 0 Å². The van der Waals surface area contributed by atoms with Crippen molar-refractivity contribution >= 4 is 11.8 Å². The van der Waals surface area contributed by atoms with Crippen LogP contribution in [0.5, 0.6) is 5.75 Å². The number of rotatable bonds is 5. The SMILES string of the molecule is COc1cccc(C2(C(=O)NCC(=O)N3CCc4ccccc4C3)CCCC2)c1. The van der Waals surface area contributed by atoms with Crippen molar-refractivity contribution in [3.63, 3.8) is 0 Å². The number of methoxy groups -OCH3 is 1. The lowest BCUT2D eigenvalue weighted by Crippen LogP contribution is -2.48. The van der Waals surface area contributed by atoms with Gasteiger partial charge in [0.1, 0.15) is 5.75 Å². The van der Waals surface area contributed by atoms with Crippen molar-refractivity contribution in [3.05, 3.63) is 65.2 Å². The highest BCUT2D eigenvalue weighted by Gasteiger charge is 2.43. The van der Waals surface area contributed by atoms with Gasteiger partial charge in [-0.3, -0.25) is 9.59 Å². The molecular formula is C24H28N2O3. The molecule has 2 aromatic rings. The lowest BCUT2D eigenvalue weighted by atomic mass is 9.78. The first-order chi connectivity index (χ1) is 14.1. The number of nitrogens with zero attached hydrogens (tertiary/aromatic N) is 1. The second kappa shape index (κ2) is 8.27. The standard InChI is InChI=1S/C24H28N2O3/c1-29-21-10-6-9-20(15-21)24(12-4-5-13-24)23(28)25-16-22(27)26-14-11-18-7-2-3-8-19(18)17-26/h2-3,6-10,15H,4-5,11-14,16-17H2,1H3,(H,25,28). The molecule has 2 amide bonds. The Bertz CT molecular complexity index is 903. The van der Waals surface area contributed by atoms with E-state index in [2.05, 4.69) is 17.4 Å². The van der Waals surface area contributed by atoms with Crippen LogP contribution in [0.25, 0.3) is 0 Å². The maximum absolute atomic E-state index is 13.2. The molecule has 1 N–H and O–H groups in total. The smallest absolute Gasteiger partial charge is 0.242 e. The van der Waals surface area contributed by atoms with E-state index in [0.717, 1.165) is 43.4 Å². The number of benzene rings is 2. The predicted octanol–water partition coefficient (Wildman–Crippen LogP) is 3.21. The molecule has 5 nitrogen and oxygen atoms in total. The Morgan fingerprint density at radius 1 is 1.07 bits per heavy atom. The molecule has 29 heavy (non-hydrogen) atoms. The van der Waals surface area contributed by atoms with Crippen molar-refractivity contribution in [2.45, 2.75) is 44.1 Å². The van der Waals surface area contributed by atoms with Crippen LogP contribution in [0.2, 0.25) is 0 Å². The van der Waals surface area contributed by atoms with Crippen LogP contribution in [-0.2, 0) is 28.0 Å². The zero-order chi connectivity index (χ0) is 20.3. The first kappa shape index (κ1) is 19.5. The van der Waals surface area contributed by atoms with Crippen molar-refractivity contribution in [1.29, 1.82) is 0 Å². The van der Waals surface area contributed by atoms with E-state index in [4.69, 9.17) is 4.74 Å². The number of carbonyl (C=O) groups excluding carboxylic acids is 2. The van der Waals surface area contributed by atoms with Gasteiger partial charge in [0, 0.05) is 13.1 Å². The number of carbonyl (C=O) groups is 2. The Hall–Kier alpha value is -2.82. The van der Waals surface area contributed by atoms with Crippen LogP contribution in [0.4, 0.5) is 0 Å².